The van der Waals surface area contributed by atoms with E-state index in [4.69, 9.17) is 19.7 Å². The molecule has 2 aromatic heterocycles. The molecule has 44 heavy (non-hydrogen) atoms. The monoisotopic (exact) mass is 587 g/mol. The zero-order chi connectivity index (χ0) is 31.2. The van der Waals surface area contributed by atoms with E-state index in [1.54, 1.807) is 55.7 Å². The van der Waals surface area contributed by atoms with Gasteiger partial charge in [-0.2, -0.15) is 15.2 Å². The fourth-order valence-corrected chi connectivity index (χ4v) is 4.67. The van der Waals surface area contributed by atoms with Crippen molar-refractivity contribution >= 4 is 34.8 Å². The number of aryl methyl sites for hydroxylation is 2. The normalized spacial score (nSPS) is 11.0. The number of nitrogens with one attached hydrogen (secondary N) is 1. The molecular weight excluding hydrogens is 554 g/mol. The van der Waals surface area contributed by atoms with Crippen molar-refractivity contribution in [2.24, 2.45) is 0 Å². The van der Waals surface area contributed by atoms with Crippen LogP contribution in [0.25, 0.3) is 17.2 Å². The maximum Gasteiger partial charge on any atom is 0.250 e. The molecule has 1 amide bonds. The molecule has 0 radical (unpaired) electrons. The lowest BCUT2D eigenvalue weighted by molar-refractivity contribution is -0.124. The molecule has 0 saturated heterocycles. The van der Waals surface area contributed by atoms with Gasteiger partial charge in [0.15, 0.2) is 11.2 Å². The fraction of sp³-hybridized carbons (Fsp3) is 0.206. The van der Waals surface area contributed by atoms with Crippen molar-refractivity contribution in [3.63, 3.8) is 0 Å². The average Bonchev–Trinajstić information content (AvgIpc) is 3.44. The van der Waals surface area contributed by atoms with Crippen molar-refractivity contribution in [1.82, 2.24) is 24.4 Å². The number of rotatable bonds is 10. The average molecular weight is 588 g/mol. The highest BCUT2D eigenvalue weighted by Gasteiger charge is 2.19. The van der Waals surface area contributed by atoms with Crippen LogP contribution in [-0.4, -0.2) is 51.0 Å². The van der Waals surface area contributed by atoms with Crippen LogP contribution in [0.1, 0.15) is 34.7 Å². The highest BCUT2D eigenvalue weighted by Crippen LogP contribution is 2.34. The van der Waals surface area contributed by atoms with E-state index in [0.717, 1.165) is 33.7 Å². The Morgan fingerprint density at radius 3 is 2.41 bits per heavy atom. The van der Waals surface area contributed by atoms with Crippen molar-refractivity contribution in [2.75, 3.05) is 26.0 Å². The predicted octanol–water partition coefficient (Wildman–Crippen LogP) is 6.40. The molecule has 3 aromatic carbocycles. The summed E-state index contributed by atoms with van der Waals surface area (Å²) >= 11 is 0. The lowest BCUT2D eigenvalue weighted by Gasteiger charge is -2.15. The van der Waals surface area contributed by atoms with Crippen molar-refractivity contribution in [3.05, 3.63) is 101 Å². The molecule has 1 N–H and O–H groups in total. The quantitative estimate of drug-likeness (QED) is 0.187. The van der Waals surface area contributed by atoms with Gasteiger partial charge >= 0.3 is 0 Å². The van der Waals surface area contributed by atoms with Gasteiger partial charge in [0.25, 0.3) is 5.88 Å². The molecule has 10 nitrogen and oxygen atoms in total. The van der Waals surface area contributed by atoms with E-state index < -0.39 is 0 Å². The predicted molar refractivity (Wildman–Crippen MR) is 170 cm³/mol. The van der Waals surface area contributed by atoms with Gasteiger partial charge in [0.2, 0.25) is 11.9 Å². The number of fused-ring (bicyclic) bond motifs is 1. The summed E-state index contributed by atoms with van der Waals surface area (Å²) in [7, 11) is 3.41. The van der Waals surface area contributed by atoms with Gasteiger partial charge in [0.1, 0.15) is 11.5 Å². The first-order chi connectivity index (χ1) is 21.3. The van der Waals surface area contributed by atoms with E-state index in [9.17, 15) is 4.79 Å². The summed E-state index contributed by atoms with van der Waals surface area (Å²) in [5.74, 6) is 2.02. The van der Waals surface area contributed by atoms with Crippen LogP contribution in [0.4, 0.5) is 11.6 Å². The fourth-order valence-electron chi connectivity index (χ4n) is 4.67. The van der Waals surface area contributed by atoms with Crippen LogP contribution in [-0.2, 0) is 11.3 Å². The Hall–Kier alpha value is -5.69. The molecule has 0 bridgehead atoms. The number of nitriles is 1. The maximum absolute atomic E-state index is 12.3. The smallest absolute Gasteiger partial charge is 0.250 e. The van der Waals surface area contributed by atoms with E-state index in [0.29, 0.717) is 47.4 Å². The number of aromatic nitrogens is 4. The number of carbonyl (C=O) groups is 1. The number of ether oxygens (including phenoxy) is 2. The topological polar surface area (TPSA) is 118 Å². The number of carbonyl (C=O) groups excluding carboxylic acids is 1. The lowest BCUT2D eigenvalue weighted by atomic mass is 10.1. The van der Waals surface area contributed by atoms with Gasteiger partial charge in [0, 0.05) is 31.9 Å². The highest BCUT2D eigenvalue weighted by atomic mass is 16.5. The van der Waals surface area contributed by atoms with Gasteiger partial charge in [-0.15, -0.1) is 0 Å². The van der Waals surface area contributed by atoms with Gasteiger partial charge in [0.05, 0.1) is 25.1 Å². The Kier molecular flexibility index (Phi) is 8.86. The Labute approximate surface area is 256 Å². The number of benzene rings is 3. The molecule has 0 aliphatic rings. The number of hydrogen-bond donors (Lipinski definition) is 1. The minimum Gasteiger partial charge on any atom is -0.497 e. The van der Waals surface area contributed by atoms with Gasteiger partial charge in [-0.05, 0) is 97.6 Å². The Morgan fingerprint density at radius 1 is 1.07 bits per heavy atom. The van der Waals surface area contributed by atoms with E-state index >= 15 is 0 Å². The van der Waals surface area contributed by atoms with Crippen LogP contribution >= 0.6 is 0 Å². The second-order valence-corrected chi connectivity index (χ2v) is 10.3. The van der Waals surface area contributed by atoms with Gasteiger partial charge < -0.3 is 24.3 Å². The molecule has 5 rings (SSSR count). The number of likely N-dealkylation sites (N-methyl/N-ethyl adjacent to an activating group) is 1. The molecule has 0 unspecified atom stereocenters. The number of hydrogen-bond acceptors (Lipinski definition) is 8. The summed E-state index contributed by atoms with van der Waals surface area (Å²) in [5, 5.41) is 12.4. The molecular formula is C34H33N7O3. The lowest BCUT2D eigenvalue weighted by Crippen LogP contribution is -2.23. The van der Waals surface area contributed by atoms with Crippen molar-refractivity contribution in [3.8, 4) is 23.4 Å². The van der Waals surface area contributed by atoms with Crippen molar-refractivity contribution in [2.45, 2.75) is 27.3 Å². The molecule has 10 heteroatoms. The minimum absolute atomic E-state index is 0.0566. The second-order valence-electron chi connectivity index (χ2n) is 10.3. The number of imidazole rings is 1. The van der Waals surface area contributed by atoms with E-state index in [1.807, 2.05) is 67.8 Å². The van der Waals surface area contributed by atoms with Crippen LogP contribution in [0, 0.1) is 25.2 Å². The molecule has 0 spiro atoms. The third kappa shape index (κ3) is 6.68. The molecule has 2 heterocycles. The first-order valence-electron chi connectivity index (χ1n) is 14.1. The summed E-state index contributed by atoms with van der Waals surface area (Å²) in [4.78, 5) is 27.9. The van der Waals surface area contributed by atoms with Gasteiger partial charge in [-0.3, -0.25) is 4.79 Å². The summed E-state index contributed by atoms with van der Waals surface area (Å²) in [6.07, 6.45) is 5.11. The Bertz CT molecular complexity index is 1850. The Balaban J connectivity index is 1.53. The number of anilines is 2. The van der Waals surface area contributed by atoms with Crippen LogP contribution in [0.2, 0.25) is 0 Å². The summed E-state index contributed by atoms with van der Waals surface area (Å²) < 4.78 is 13.8. The molecule has 0 aliphatic carbocycles. The first-order valence-corrected chi connectivity index (χ1v) is 14.1. The Morgan fingerprint density at radius 2 is 1.77 bits per heavy atom. The minimum atomic E-state index is -0.0566. The van der Waals surface area contributed by atoms with E-state index in [1.165, 1.54) is 0 Å². The van der Waals surface area contributed by atoms with E-state index in [2.05, 4.69) is 21.4 Å². The summed E-state index contributed by atoms with van der Waals surface area (Å²) in [6, 6.07) is 20.9. The molecule has 0 aliphatic heterocycles. The van der Waals surface area contributed by atoms with Crippen LogP contribution in [0.3, 0.4) is 0 Å². The SMILES string of the molecule is CCN(C)C(=O)C=Cc1cc(C)c(Oc2nc(Nc3ccc(C#N)cc3)nc3ncn(Cc4ccc(OC)cc4)c23)c(C)c1. The summed E-state index contributed by atoms with van der Waals surface area (Å²) in [6.45, 7) is 7.01. The summed E-state index contributed by atoms with van der Waals surface area (Å²) in [5.41, 5.74) is 6.09. The number of nitrogens with zero attached hydrogens (tertiary/aromatic N) is 6. The number of amides is 1. The zero-order valence-corrected chi connectivity index (χ0v) is 25.3. The first kappa shape index (κ1) is 29.8. The van der Waals surface area contributed by atoms with E-state index in [-0.39, 0.29) is 5.91 Å². The van der Waals surface area contributed by atoms with Gasteiger partial charge in [-0.25, -0.2) is 4.98 Å². The molecule has 0 fully saturated rings. The number of methoxy groups -OCH3 is 1. The molecule has 5 aromatic rings. The highest BCUT2D eigenvalue weighted by molar-refractivity contribution is 5.91. The third-order valence-corrected chi connectivity index (χ3v) is 7.17. The molecule has 0 saturated carbocycles. The van der Waals surface area contributed by atoms with Gasteiger partial charge in [-0.1, -0.05) is 12.1 Å². The molecule has 222 valence electrons. The maximum atomic E-state index is 12.3. The zero-order valence-electron chi connectivity index (χ0n) is 25.3. The van der Waals surface area contributed by atoms with Crippen LogP contribution < -0.4 is 14.8 Å². The molecule has 0 atom stereocenters. The van der Waals surface area contributed by atoms with Crippen molar-refractivity contribution < 1.29 is 14.3 Å². The largest absolute Gasteiger partial charge is 0.497 e. The standard InChI is InChI=1S/C34H33N7O3/c1-6-40(4)29(42)16-11-26-17-22(2)31(23(3)18-26)44-33-30-32(36-21-41(30)20-25-9-14-28(43-5)15-10-25)38-34(39-33)37-27-12-7-24(19-35)8-13-27/h7-18,21H,6,20H2,1-5H3,(H,37,38,39). The second kappa shape index (κ2) is 13.1. The van der Waals surface area contributed by atoms with Crippen LogP contribution in [0.5, 0.6) is 17.4 Å². The van der Waals surface area contributed by atoms with Crippen LogP contribution in [0.15, 0.2) is 73.1 Å². The third-order valence-electron chi connectivity index (χ3n) is 7.17. The van der Waals surface area contributed by atoms with Crippen molar-refractivity contribution in [1.29, 1.82) is 5.26 Å².